The van der Waals surface area contributed by atoms with Crippen LogP contribution in [-0.2, 0) is 6.42 Å². The number of rotatable bonds is 3. The molecule has 15 heavy (non-hydrogen) atoms. The number of hydrogen-bond donors (Lipinski definition) is 1. The molecule has 1 aromatic heterocycles. The highest BCUT2D eigenvalue weighted by Gasteiger charge is 2.07. The van der Waals surface area contributed by atoms with Crippen LogP contribution in [0.4, 0.5) is 4.39 Å². The van der Waals surface area contributed by atoms with E-state index in [-0.39, 0.29) is 5.82 Å². The van der Waals surface area contributed by atoms with Gasteiger partial charge >= 0.3 is 0 Å². The molecule has 1 heterocycles. The van der Waals surface area contributed by atoms with Gasteiger partial charge in [-0.05, 0) is 38.1 Å². The minimum Gasteiger partial charge on any atom is -0.461 e. The van der Waals surface area contributed by atoms with Gasteiger partial charge in [0, 0.05) is 6.04 Å². The zero-order valence-electron chi connectivity index (χ0n) is 8.88. The maximum atomic E-state index is 13.2. The fourth-order valence-corrected chi connectivity index (χ4v) is 1.63. The van der Waals surface area contributed by atoms with Crippen molar-refractivity contribution in [1.82, 2.24) is 5.32 Å². The predicted octanol–water partition coefficient (Wildman–Crippen LogP) is 2.72. The smallest absolute Gasteiger partial charge is 0.169 e. The number of nitrogens with one attached hydrogen (secondary N) is 1. The van der Waals surface area contributed by atoms with Gasteiger partial charge in [-0.2, -0.15) is 0 Å². The molecule has 2 rings (SSSR count). The van der Waals surface area contributed by atoms with Crippen LogP contribution in [0.15, 0.2) is 28.9 Å². The van der Waals surface area contributed by atoms with Crippen molar-refractivity contribution in [3.8, 4) is 0 Å². The molecule has 0 aliphatic carbocycles. The third-order valence-electron chi connectivity index (χ3n) is 2.63. The van der Waals surface area contributed by atoms with Crippen molar-refractivity contribution in [2.45, 2.75) is 19.4 Å². The van der Waals surface area contributed by atoms with Crippen LogP contribution in [0.25, 0.3) is 11.0 Å². The van der Waals surface area contributed by atoms with Gasteiger partial charge in [0.25, 0.3) is 0 Å². The largest absolute Gasteiger partial charge is 0.461 e. The van der Waals surface area contributed by atoms with Crippen LogP contribution >= 0.6 is 0 Å². The molecule has 1 N–H and O–H groups in total. The molecule has 0 bridgehead atoms. The standard InChI is InChI=1S/C12H14FNO/c1-8(14-2)5-9-3-4-12-10(6-9)11(13)7-15-12/h3-4,6-8,14H,5H2,1-2H3/t8-/m0/s1. The molecule has 0 amide bonds. The summed E-state index contributed by atoms with van der Waals surface area (Å²) in [4.78, 5) is 0. The van der Waals surface area contributed by atoms with E-state index >= 15 is 0 Å². The van der Waals surface area contributed by atoms with Gasteiger partial charge in [-0.3, -0.25) is 0 Å². The number of furan rings is 1. The second kappa shape index (κ2) is 4.03. The second-order valence-electron chi connectivity index (χ2n) is 3.81. The maximum absolute atomic E-state index is 13.2. The van der Waals surface area contributed by atoms with E-state index in [1.165, 1.54) is 0 Å². The zero-order chi connectivity index (χ0) is 10.8. The monoisotopic (exact) mass is 207 g/mol. The first-order valence-electron chi connectivity index (χ1n) is 5.03. The Balaban J connectivity index is 2.33. The Labute approximate surface area is 88.1 Å². The number of benzene rings is 1. The molecular weight excluding hydrogens is 193 g/mol. The van der Waals surface area contributed by atoms with E-state index in [4.69, 9.17) is 4.42 Å². The quantitative estimate of drug-likeness (QED) is 0.837. The van der Waals surface area contributed by atoms with E-state index in [0.717, 1.165) is 18.2 Å². The van der Waals surface area contributed by atoms with Gasteiger partial charge in [0.15, 0.2) is 5.82 Å². The lowest BCUT2D eigenvalue weighted by Gasteiger charge is -2.09. The van der Waals surface area contributed by atoms with Crippen molar-refractivity contribution >= 4 is 11.0 Å². The van der Waals surface area contributed by atoms with Gasteiger partial charge in [0.05, 0.1) is 5.39 Å². The van der Waals surface area contributed by atoms with Crippen molar-refractivity contribution in [2.24, 2.45) is 0 Å². The summed E-state index contributed by atoms with van der Waals surface area (Å²) >= 11 is 0. The van der Waals surface area contributed by atoms with Crippen LogP contribution in [0.2, 0.25) is 0 Å². The third kappa shape index (κ3) is 2.02. The van der Waals surface area contributed by atoms with E-state index in [1.54, 1.807) is 0 Å². The highest BCUT2D eigenvalue weighted by molar-refractivity contribution is 5.78. The third-order valence-corrected chi connectivity index (χ3v) is 2.63. The van der Waals surface area contributed by atoms with Gasteiger partial charge in [-0.25, -0.2) is 4.39 Å². The number of halogens is 1. The molecule has 3 heteroatoms. The Kier molecular flexibility index (Phi) is 2.73. The van der Waals surface area contributed by atoms with Crippen LogP contribution in [-0.4, -0.2) is 13.1 Å². The van der Waals surface area contributed by atoms with Gasteiger partial charge < -0.3 is 9.73 Å². The molecule has 1 aromatic carbocycles. The highest BCUT2D eigenvalue weighted by Crippen LogP contribution is 2.21. The fourth-order valence-electron chi connectivity index (χ4n) is 1.63. The summed E-state index contributed by atoms with van der Waals surface area (Å²) in [6, 6.07) is 6.02. The van der Waals surface area contributed by atoms with E-state index in [9.17, 15) is 4.39 Å². The molecule has 0 aliphatic heterocycles. The SMILES string of the molecule is CN[C@@H](C)Cc1ccc2occ(F)c2c1. The molecule has 0 fully saturated rings. The van der Waals surface area contributed by atoms with Gasteiger partial charge in [-0.1, -0.05) is 6.07 Å². The molecule has 0 spiro atoms. The number of likely N-dealkylation sites (N-methyl/N-ethyl adjacent to an activating group) is 1. The topological polar surface area (TPSA) is 25.2 Å². The normalized spacial score (nSPS) is 13.3. The average molecular weight is 207 g/mol. The van der Waals surface area contributed by atoms with Crippen LogP contribution in [0.3, 0.4) is 0 Å². The lowest BCUT2D eigenvalue weighted by atomic mass is 10.1. The van der Waals surface area contributed by atoms with Crippen molar-refractivity contribution in [1.29, 1.82) is 0 Å². The molecule has 0 saturated heterocycles. The first kappa shape index (κ1) is 10.2. The summed E-state index contributed by atoms with van der Waals surface area (Å²) in [6.07, 6.45) is 2.03. The van der Waals surface area contributed by atoms with Gasteiger partial charge in [-0.15, -0.1) is 0 Å². The summed E-state index contributed by atoms with van der Waals surface area (Å²) in [5, 5.41) is 3.72. The summed E-state index contributed by atoms with van der Waals surface area (Å²) in [5.41, 5.74) is 1.72. The molecule has 0 aliphatic rings. The minimum atomic E-state index is -0.288. The molecule has 0 radical (unpaired) electrons. The Bertz CT molecular complexity index is 464. The Morgan fingerprint density at radius 1 is 1.47 bits per heavy atom. The van der Waals surface area contributed by atoms with Crippen molar-refractivity contribution in [2.75, 3.05) is 7.05 Å². The van der Waals surface area contributed by atoms with E-state index < -0.39 is 0 Å². The number of fused-ring (bicyclic) bond motifs is 1. The predicted molar refractivity (Wildman–Crippen MR) is 58.4 cm³/mol. The molecule has 2 aromatic rings. The van der Waals surface area contributed by atoms with Gasteiger partial charge in [0.2, 0.25) is 0 Å². The summed E-state index contributed by atoms with van der Waals surface area (Å²) < 4.78 is 18.3. The lowest BCUT2D eigenvalue weighted by Crippen LogP contribution is -2.23. The molecule has 2 nitrogen and oxygen atoms in total. The van der Waals surface area contributed by atoms with Crippen LogP contribution in [0.5, 0.6) is 0 Å². The molecule has 0 saturated carbocycles. The Hall–Kier alpha value is -1.35. The Morgan fingerprint density at radius 2 is 2.27 bits per heavy atom. The first-order valence-corrected chi connectivity index (χ1v) is 5.03. The minimum absolute atomic E-state index is 0.288. The van der Waals surface area contributed by atoms with Crippen LogP contribution in [0.1, 0.15) is 12.5 Å². The van der Waals surface area contributed by atoms with Gasteiger partial charge in [0.1, 0.15) is 11.8 Å². The summed E-state index contributed by atoms with van der Waals surface area (Å²) in [7, 11) is 1.92. The number of hydrogen-bond acceptors (Lipinski definition) is 2. The first-order chi connectivity index (χ1) is 7.20. The van der Waals surface area contributed by atoms with E-state index in [1.807, 2.05) is 25.2 Å². The molecular formula is C12H14FNO. The van der Waals surface area contributed by atoms with Crippen molar-refractivity contribution < 1.29 is 8.81 Å². The van der Waals surface area contributed by atoms with E-state index in [0.29, 0.717) is 17.0 Å². The lowest BCUT2D eigenvalue weighted by molar-refractivity contribution is 0.558. The molecule has 0 unspecified atom stereocenters. The van der Waals surface area contributed by atoms with Crippen LogP contribution in [0, 0.1) is 5.82 Å². The van der Waals surface area contributed by atoms with Crippen molar-refractivity contribution in [3.63, 3.8) is 0 Å². The Morgan fingerprint density at radius 3 is 3.00 bits per heavy atom. The zero-order valence-corrected chi connectivity index (χ0v) is 8.88. The van der Waals surface area contributed by atoms with E-state index in [2.05, 4.69) is 12.2 Å². The average Bonchev–Trinajstić information content (AvgIpc) is 2.60. The molecule has 80 valence electrons. The fraction of sp³-hybridized carbons (Fsp3) is 0.333. The summed E-state index contributed by atoms with van der Waals surface area (Å²) in [5.74, 6) is -0.288. The highest BCUT2D eigenvalue weighted by atomic mass is 19.1. The van der Waals surface area contributed by atoms with Crippen molar-refractivity contribution in [3.05, 3.63) is 35.8 Å². The maximum Gasteiger partial charge on any atom is 0.169 e. The summed E-state index contributed by atoms with van der Waals surface area (Å²) in [6.45, 7) is 2.09. The second-order valence-corrected chi connectivity index (χ2v) is 3.81. The van der Waals surface area contributed by atoms with Crippen LogP contribution < -0.4 is 5.32 Å². The molecule has 1 atom stereocenters.